The molecule has 0 aliphatic heterocycles. The zero-order valence-corrected chi connectivity index (χ0v) is 12.2. The summed E-state index contributed by atoms with van der Waals surface area (Å²) in [7, 11) is 0. The zero-order chi connectivity index (χ0) is 13.3. The van der Waals surface area contributed by atoms with E-state index in [0.717, 1.165) is 19.4 Å². The molecule has 0 radical (unpaired) electrons. The molecule has 2 unspecified atom stereocenters. The van der Waals surface area contributed by atoms with E-state index >= 15 is 0 Å². The van der Waals surface area contributed by atoms with E-state index in [9.17, 15) is 4.79 Å². The van der Waals surface area contributed by atoms with Gasteiger partial charge in [-0.1, -0.05) is 33.6 Å². The Balaban J connectivity index is 3.73. The zero-order valence-electron chi connectivity index (χ0n) is 12.2. The van der Waals surface area contributed by atoms with Crippen molar-refractivity contribution >= 4 is 5.91 Å². The Hall–Kier alpha value is -0.570. The van der Waals surface area contributed by atoms with E-state index in [1.807, 2.05) is 6.92 Å². The molecule has 1 amide bonds. The molecule has 0 heterocycles. The van der Waals surface area contributed by atoms with Crippen molar-refractivity contribution in [2.75, 3.05) is 6.54 Å². The predicted octanol–water partition coefficient (Wildman–Crippen LogP) is 2.71. The molecular formula is C14H30N2O. The van der Waals surface area contributed by atoms with Crippen LogP contribution < -0.4 is 10.6 Å². The van der Waals surface area contributed by atoms with Crippen molar-refractivity contribution in [1.82, 2.24) is 10.6 Å². The average Bonchev–Trinajstić information content (AvgIpc) is 2.25. The van der Waals surface area contributed by atoms with Crippen LogP contribution in [0.3, 0.4) is 0 Å². The quantitative estimate of drug-likeness (QED) is 0.653. The van der Waals surface area contributed by atoms with Gasteiger partial charge in [0.1, 0.15) is 0 Å². The standard InChI is InChI=1S/C14H30N2O/c1-6-7-8-12(4)16-13(5)14(17)15-10-9-11(2)3/h11-13,16H,6-10H2,1-5H3,(H,15,17). The first-order valence-electron chi connectivity index (χ1n) is 7.01. The summed E-state index contributed by atoms with van der Waals surface area (Å²) in [6.07, 6.45) is 4.61. The fraction of sp³-hybridized carbons (Fsp3) is 0.929. The number of amides is 1. The maximum atomic E-state index is 11.8. The minimum Gasteiger partial charge on any atom is -0.355 e. The second-order valence-electron chi connectivity index (χ2n) is 5.41. The van der Waals surface area contributed by atoms with Crippen LogP contribution in [0, 0.1) is 5.92 Å². The van der Waals surface area contributed by atoms with Crippen LogP contribution in [0.4, 0.5) is 0 Å². The number of nitrogens with one attached hydrogen (secondary N) is 2. The highest BCUT2D eigenvalue weighted by Gasteiger charge is 2.14. The second kappa shape index (κ2) is 9.46. The molecule has 0 rings (SSSR count). The van der Waals surface area contributed by atoms with Gasteiger partial charge in [0.05, 0.1) is 6.04 Å². The van der Waals surface area contributed by atoms with Crippen molar-refractivity contribution < 1.29 is 4.79 Å². The normalized spacial score (nSPS) is 14.7. The number of carbonyl (C=O) groups is 1. The van der Waals surface area contributed by atoms with Crippen molar-refractivity contribution in [2.24, 2.45) is 5.92 Å². The van der Waals surface area contributed by atoms with Gasteiger partial charge in [0.2, 0.25) is 5.91 Å². The molecule has 102 valence electrons. The third-order valence-electron chi connectivity index (χ3n) is 2.94. The van der Waals surface area contributed by atoms with E-state index < -0.39 is 0 Å². The Bertz CT molecular complexity index is 204. The molecule has 3 heteroatoms. The molecule has 0 aromatic rings. The smallest absolute Gasteiger partial charge is 0.236 e. The highest BCUT2D eigenvalue weighted by molar-refractivity contribution is 5.81. The first-order chi connectivity index (χ1) is 7.97. The number of hydrogen-bond acceptors (Lipinski definition) is 2. The van der Waals surface area contributed by atoms with E-state index in [2.05, 4.69) is 38.3 Å². The van der Waals surface area contributed by atoms with E-state index in [4.69, 9.17) is 0 Å². The molecule has 0 aliphatic carbocycles. The number of hydrogen-bond donors (Lipinski definition) is 2. The van der Waals surface area contributed by atoms with Crippen molar-refractivity contribution in [1.29, 1.82) is 0 Å². The Morgan fingerprint density at radius 2 is 1.76 bits per heavy atom. The monoisotopic (exact) mass is 242 g/mol. The van der Waals surface area contributed by atoms with Gasteiger partial charge >= 0.3 is 0 Å². The fourth-order valence-electron chi connectivity index (χ4n) is 1.73. The Morgan fingerprint density at radius 1 is 1.12 bits per heavy atom. The summed E-state index contributed by atoms with van der Waals surface area (Å²) in [6.45, 7) is 11.4. The molecule has 0 aliphatic rings. The van der Waals surface area contributed by atoms with Crippen molar-refractivity contribution in [2.45, 2.75) is 72.4 Å². The molecule has 3 nitrogen and oxygen atoms in total. The Labute approximate surface area is 107 Å². The number of carbonyl (C=O) groups excluding carboxylic acids is 1. The predicted molar refractivity (Wildman–Crippen MR) is 74.0 cm³/mol. The van der Waals surface area contributed by atoms with Gasteiger partial charge in [-0.15, -0.1) is 0 Å². The summed E-state index contributed by atoms with van der Waals surface area (Å²) in [5.41, 5.74) is 0. The molecule has 17 heavy (non-hydrogen) atoms. The SMILES string of the molecule is CCCCC(C)NC(C)C(=O)NCCC(C)C. The van der Waals surface area contributed by atoms with Crippen molar-refractivity contribution in [3.63, 3.8) is 0 Å². The van der Waals surface area contributed by atoms with E-state index in [1.54, 1.807) is 0 Å². The van der Waals surface area contributed by atoms with Crippen LogP contribution in [0.25, 0.3) is 0 Å². The largest absolute Gasteiger partial charge is 0.355 e. The highest BCUT2D eigenvalue weighted by atomic mass is 16.2. The van der Waals surface area contributed by atoms with Crippen molar-refractivity contribution in [3.05, 3.63) is 0 Å². The summed E-state index contributed by atoms with van der Waals surface area (Å²) >= 11 is 0. The van der Waals surface area contributed by atoms with Crippen LogP contribution in [0.5, 0.6) is 0 Å². The van der Waals surface area contributed by atoms with E-state index in [-0.39, 0.29) is 11.9 Å². The fourth-order valence-corrected chi connectivity index (χ4v) is 1.73. The molecule has 2 atom stereocenters. The van der Waals surface area contributed by atoms with Gasteiger partial charge < -0.3 is 10.6 Å². The van der Waals surface area contributed by atoms with Gasteiger partial charge in [-0.05, 0) is 32.6 Å². The lowest BCUT2D eigenvalue weighted by Crippen LogP contribution is -2.46. The second-order valence-corrected chi connectivity index (χ2v) is 5.41. The van der Waals surface area contributed by atoms with Crippen LogP contribution in [0.15, 0.2) is 0 Å². The maximum absolute atomic E-state index is 11.8. The lowest BCUT2D eigenvalue weighted by Gasteiger charge is -2.19. The van der Waals surface area contributed by atoms with Gasteiger partial charge in [0.15, 0.2) is 0 Å². The summed E-state index contributed by atoms with van der Waals surface area (Å²) < 4.78 is 0. The van der Waals surface area contributed by atoms with Gasteiger partial charge in [-0.3, -0.25) is 4.79 Å². The minimum absolute atomic E-state index is 0.0889. The lowest BCUT2D eigenvalue weighted by atomic mass is 10.1. The van der Waals surface area contributed by atoms with E-state index in [0.29, 0.717) is 12.0 Å². The minimum atomic E-state index is -0.0889. The van der Waals surface area contributed by atoms with Gasteiger partial charge in [0, 0.05) is 12.6 Å². The maximum Gasteiger partial charge on any atom is 0.236 e. The third-order valence-corrected chi connectivity index (χ3v) is 2.94. The molecule has 0 bridgehead atoms. The van der Waals surface area contributed by atoms with Gasteiger partial charge in [-0.2, -0.15) is 0 Å². The molecular weight excluding hydrogens is 212 g/mol. The molecule has 2 N–H and O–H groups in total. The Morgan fingerprint density at radius 3 is 2.29 bits per heavy atom. The Kier molecular flexibility index (Phi) is 9.14. The average molecular weight is 242 g/mol. The van der Waals surface area contributed by atoms with Gasteiger partial charge in [-0.25, -0.2) is 0 Å². The summed E-state index contributed by atoms with van der Waals surface area (Å²) in [5.74, 6) is 0.760. The molecule has 0 aromatic carbocycles. The third kappa shape index (κ3) is 9.16. The number of rotatable bonds is 9. The molecule has 0 spiro atoms. The number of unbranched alkanes of at least 4 members (excludes halogenated alkanes) is 1. The van der Waals surface area contributed by atoms with Crippen LogP contribution in [0.1, 0.15) is 60.3 Å². The van der Waals surface area contributed by atoms with Crippen molar-refractivity contribution in [3.8, 4) is 0 Å². The summed E-state index contributed by atoms with van der Waals surface area (Å²) in [5, 5.41) is 6.31. The van der Waals surface area contributed by atoms with Crippen LogP contribution in [0.2, 0.25) is 0 Å². The van der Waals surface area contributed by atoms with Crippen LogP contribution in [-0.4, -0.2) is 24.5 Å². The molecule has 0 fully saturated rings. The molecule has 0 aromatic heterocycles. The van der Waals surface area contributed by atoms with Gasteiger partial charge in [0.25, 0.3) is 0 Å². The topological polar surface area (TPSA) is 41.1 Å². The molecule has 0 saturated carbocycles. The van der Waals surface area contributed by atoms with Crippen LogP contribution >= 0.6 is 0 Å². The molecule has 0 saturated heterocycles. The first kappa shape index (κ1) is 16.4. The summed E-state index contributed by atoms with van der Waals surface area (Å²) in [6, 6.07) is 0.329. The summed E-state index contributed by atoms with van der Waals surface area (Å²) in [4.78, 5) is 11.8. The highest BCUT2D eigenvalue weighted by Crippen LogP contribution is 2.01. The first-order valence-corrected chi connectivity index (χ1v) is 7.01. The van der Waals surface area contributed by atoms with E-state index in [1.165, 1.54) is 12.8 Å². The van der Waals surface area contributed by atoms with Crippen LogP contribution in [-0.2, 0) is 4.79 Å². The lowest BCUT2D eigenvalue weighted by molar-refractivity contribution is -0.122.